The fourth-order valence-corrected chi connectivity index (χ4v) is 2.61. The van der Waals surface area contributed by atoms with Gasteiger partial charge in [0, 0.05) is 38.4 Å². The van der Waals surface area contributed by atoms with E-state index in [1.807, 2.05) is 6.92 Å². The molecule has 0 radical (unpaired) electrons. The SMILES string of the molecule is CCNC(=NCc1cn(C)nc1C(F)(F)F)NC1CN(C(=O)OC(C)(C)C)C1.I. The molecule has 29 heavy (non-hydrogen) atoms. The van der Waals surface area contributed by atoms with Crippen molar-refractivity contribution in [1.82, 2.24) is 25.3 Å². The first-order valence-electron chi connectivity index (χ1n) is 9.01. The molecular formula is C17H28F3IN6O2. The number of ether oxygens (including phenoxy) is 1. The third-order valence-corrected chi connectivity index (χ3v) is 3.80. The molecule has 1 aromatic heterocycles. The topological polar surface area (TPSA) is 83.8 Å². The number of amides is 1. The van der Waals surface area contributed by atoms with Crippen LogP contribution in [0, 0.1) is 0 Å². The fraction of sp³-hybridized carbons (Fsp3) is 0.706. The number of carbonyl (C=O) groups is 1. The molecule has 0 aliphatic carbocycles. The second kappa shape index (κ2) is 9.85. The summed E-state index contributed by atoms with van der Waals surface area (Å²) in [5, 5.41) is 9.59. The molecule has 0 atom stereocenters. The maximum atomic E-state index is 13.0. The molecule has 1 aliphatic heterocycles. The fourth-order valence-electron chi connectivity index (χ4n) is 2.61. The van der Waals surface area contributed by atoms with Crippen LogP contribution in [0.3, 0.4) is 0 Å². The van der Waals surface area contributed by atoms with E-state index in [0.717, 1.165) is 4.68 Å². The molecule has 1 amide bonds. The van der Waals surface area contributed by atoms with Crippen molar-refractivity contribution >= 4 is 36.0 Å². The van der Waals surface area contributed by atoms with Crippen molar-refractivity contribution in [3.63, 3.8) is 0 Å². The van der Waals surface area contributed by atoms with Gasteiger partial charge in [0.2, 0.25) is 0 Å². The van der Waals surface area contributed by atoms with Gasteiger partial charge in [0.25, 0.3) is 0 Å². The van der Waals surface area contributed by atoms with E-state index < -0.39 is 23.6 Å². The minimum absolute atomic E-state index is 0. The van der Waals surface area contributed by atoms with Gasteiger partial charge in [-0.05, 0) is 27.7 Å². The Bertz CT molecular complexity index is 724. The molecule has 0 saturated carbocycles. The van der Waals surface area contributed by atoms with Crippen LogP contribution in [-0.4, -0.2) is 58.0 Å². The van der Waals surface area contributed by atoms with Crippen LogP contribution in [-0.2, 0) is 24.5 Å². The molecule has 8 nitrogen and oxygen atoms in total. The first-order chi connectivity index (χ1) is 12.9. The van der Waals surface area contributed by atoms with Gasteiger partial charge in [0.15, 0.2) is 11.7 Å². The van der Waals surface area contributed by atoms with E-state index in [2.05, 4.69) is 20.7 Å². The van der Waals surface area contributed by atoms with Crippen molar-refractivity contribution < 1.29 is 22.7 Å². The lowest BCUT2D eigenvalue weighted by molar-refractivity contribution is -0.142. The minimum Gasteiger partial charge on any atom is -0.444 e. The molecule has 0 unspecified atom stereocenters. The van der Waals surface area contributed by atoms with Crippen LogP contribution in [0.1, 0.15) is 39.0 Å². The van der Waals surface area contributed by atoms with Crippen molar-refractivity contribution in [2.24, 2.45) is 12.0 Å². The van der Waals surface area contributed by atoms with Crippen LogP contribution in [0.15, 0.2) is 11.2 Å². The molecule has 1 aromatic rings. The van der Waals surface area contributed by atoms with Crippen molar-refractivity contribution in [2.75, 3.05) is 19.6 Å². The van der Waals surface area contributed by atoms with E-state index in [4.69, 9.17) is 4.74 Å². The summed E-state index contributed by atoms with van der Waals surface area (Å²) in [5.74, 6) is 0.383. The molecule has 0 spiro atoms. The summed E-state index contributed by atoms with van der Waals surface area (Å²) in [5.41, 5.74) is -1.50. The van der Waals surface area contributed by atoms with Crippen molar-refractivity contribution in [1.29, 1.82) is 0 Å². The summed E-state index contributed by atoms with van der Waals surface area (Å²) >= 11 is 0. The van der Waals surface area contributed by atoms with Crippen LogP contribution in [0.4, 0.5) is 18.0 Å². The number of alkyl halides is 3. The van der Waals surface area contributed by atoms with Crippen molar-refractivity contribution in [2.45, 2.75) is 52.1 Å². The predicted octanol–water partition coefficient (Wildman–Crippen LogP) is 2.73. The molecule has 0 bridgehead atoms. The van der Waals surface area contributed by atoms with E-state index >= 15 is 0 Å². The molecular weight excluding hydrogens is 504 g/mol. The second-order valence-corrected chi connectivity index (χ2v) is 7.60. The number of aliphatic imine (C=N–C) groups is 1. The minimum atomic E-state index is -4.53. The predicted molar refractivity (Wildman–Crippen MR) is 113 cm³/mol. The zero-order valence-electron chi connectivity index (χ0n) is 17.1. The van der Waals surface area contributed by atoms with Gasteiger partial charge in [-0.2, -0.15) is 18.3 Å². The maximum absolute atomic E-state index is 13.0. The van der Waals surface area contributed by atoms with Gasteiger partial charge < -0.3 is 20.3 Å². The quantitative estimate of drug-likeness (QED) is 0.354. The van der Waals surface area contributed by atoms with Crippen LogP contribution in [0.2, 0.25) is 0 Å². The van der Waals surface area contributed by atoms with Crippen LogP contribution in [0.25, 0.3) is 0 Å². The van der Waals surface area contributed by atoms with Gasteiger partial charge in [-0.25, -0.2) is 9.79 Å². The average Bonchev–Trinajstić information content (AvgIpc) is 2.87. The number of likely N-dealkylation sites (tertiary alicyclic amines) is 1. The molecule has 1 fully saturated rings. The summed E-state index contributed by atoms with van der Waals surface area (Å²) in [7, 11) is 1.44. The number of rotatable bonds is 4. The Morgan fingerprint density at radius 3 is 2.48 bits per heavy atom. The molecule has 0 aromatic carbocycles. The number of halogens is 4. The molecule has 2 N–H and O–H groups in total. The van der Waals surface area contributed by atoms with E-state index in [0.29, 0.717) is 25.6 Å². The smallest absolute Gasteiger partial charge is 0.435 e. The number of carbonyl (C=O) groups excluding carboxylic acids is 1. The number of guanidine groups is 1. The highest BCUT2D eigenvalue weighted by Gasteiger charge is 2.37. The molecule has 1 aliphatic rings. The highest BCUT2D eigenvalue weighted by atomic mass is 127. The lowest BCUT2D eigenvalue weighted by atomic mass is 10.1. The second-order valence-electron chi connectivity index (χ2n) is 7.60. The van der Waals surface area contributed by atoms with E-state index in [1.54, 1.807) is 25.7 Å². The van der Waals surface area contributed by atoms with E-state index in [9.17, 15) is 18.0 Å². The van der Waals surface area contributed by atoms with E-state index in [1.165, 1.54) is 13.2 Å². The van der Waals surface area contributed by atoms with Crippen LogP contribution in [0.5, 0.6) is 0 Å². The van der Waals surface area contributed by atoms with Gasteiger partial charge in [-0.1, -0.05) is 0 Å². The summed E-state index contributed by atoms with van der Waals surface area (Å²) < 4.78 is 45.5. The molecule has 166 valence electrons. The Hall–Kier alpha value is -1.73. The molecule has 12 heteroatoms. The Labute approximate surface area is 185 Å². The Balaban J connectivity index is 0.00000420. The van der Waals surface area contributed by atoms with E-state index in [-0.39, 0.29) is 42.1 Å². The van der Waals surface area contributed by atoms with Gasteiger partial charge >= 0.3 is 12.3 Å². The van der Waals surface area contributed by atoms with Crippen LogP contribution < -0.4 is 10.6 Å². The first-order valence-corrected chi connectivity index (χ1v) is 9.01. The van der Waals surface area contributed by atoms with Gasteiger partial charge in [0.05, 0.1) is 12.6 Å². The third-order valence-electron chi connectivity index (χ3n) is 3.80. The monoisotopic (exact) mass is 532 g/mol. The largest absolute Gasteiger partial charge is 0.444 e. The zero-order valence-corrected chi connectivity index (χ0v) is 19.5. The Morgan fingerprint density at radius 1 is 1.34 bits per heavy atom. The third kappa shape index (κ3) is 7.55. The number of nitrogens with one attached hydrogen (secondary N) is 2. The van der Waals surface area contributed by atoms with Crippen LogP contribution >= 0.6 is 24.0 Å². The number of nitrogens with zero attached hydrogens (tertiary/aromatic N) is 4. The number of hydrogen-bond acceptors (Lipinski definition) is 4. The Kier molecular flexibility index (Phi) is 8.59. The lowest BCUT2D eigenvalue weighted by Gasteiger charge is -2.40. The normalized spacial score (nSPS) is 15.4. The average molecular weight is 532 g/mol. The number of aromatic nitrogens is 2. The number of aryl methyl sites for hydroxylation is 1. The van der Waals surface area contributed by atoms with Crippen molar-refractivity contribution in [3.05, 3.63) is 17.5 Å². The molecule has 2 rings (SSSR count). The summed E-state index contributed by atoms with van der Waals surface area (Å²) in [6.07, 6.45) is -3.61. The Morgan fingerprint density at radius 2 is 1.97 bits per heavy atom. The molecule has 2 heterocycles. The van der Waals surface area contributed by atoms with Gasteiger partial charge in [-0.3, -0.25) is 4.68 Å². The standard InChI is InChI=1S/C17H27F3N6O2.HI/c1-6-21-14(22-7-11-8-25(5)24-13(11)17(18,19)20)23-12-9-26(10-12)15(27)28-16(2,3)4;/h8,12H,6-7,9-10H2,1-5H3,(H2,21,22,23);1H. The van der Waals surface area contributed by atoms with Crippen molar-refractivity contribution in [3.8, 4) is 0 Å². The number of hydrogen-bond donors (Lipinski definition) is 2. The highest BCUT2D eigenvalue weighted by Crippen LogP contribution is 2.30. The maximum Gasteiger partial charge on any atom is 0.435 e. The molecule has 1 saturated heterocycles. The summed E-state index contributed by atoms with van der Waals surface area (Å²) in [6.45, 7) is 8.49. The first kappa shape index (κ1) is 25.3. The zero-order chi connectivity index (χ0) is 21.1. The van der Waals surface area contributed by atoms with Gasteiger partial charge in [-0.15, -0.1) is 24.0 Å². The summed E-state index contributed by atoms with van der Waals surface area (Å²) in [6, 6.07) is -0.0543. The highest BCUT2D eigenvalue weighted by molar-refractivity contribution is 14.0. The lowest BCUT2D eigenvalue weighted by Crippen LogP contribution is -2.63. The summed E-state index contributed by atoms with van der Waals surface area (Å²) in [4.78, 5) is 17.7. The van der Waals surface area contributed by atoms with Gasteiger partial charge in [0.1, 0.15) is 5.60 Å².